The second kappa shape index (κ2) is 4.25. The number of rotatable bonds is 0. The van der Waals surface area contributed by atoms with Crippen LogP contribution in [0.2, 0.25) is 0 Å². The van der Waals surface area contributed by atoms with Crippen LogP contribution < -0.4 is 5.73 Å². The Labute approximate surface area is 64.1 Å². The average molecular weight is 170 g/mol. The molecule has 0 aromatic rings. The highest BCUT2D eigenvalue weighted by atomic mass is 35.5. The van der Waals surface area contributed by atoms with E-state index in [1.807, 2.05) is 0 Å². The zero-order valence-electron chi connectivity index (χ0n) is 5.21. The van der Waals surface area contributed by atoms with E-state index in [9.17, 15) is 4.21 Å². The van der Waals surface area contributed by atoms with Crippen LogP contribution in [-0.2, 0) is 10.8 Å². The van der Waals surface area contributed by atoms with Gasteiger partial charge < -0.3 is 5.73 Å². The van der Waals surface area contributed by atoms with Crippen LogP contribution in [0.4, 0.5) is 0 Å². The predicted octanol–water partition coefficient (Wildman–Crippen LogP) is 0.278. The van der Waals surface area contributed by atoms with Crippen LogP contribution in [0, 0.1) is 0 Å². The highest BCUT2D eigenvalue weighted by Crippen LogP contribution is 2.05. The van der Waals surface area contributed by atoms with E-state index < -0.39 is 10.8 Å². The smallest absolute Gasteiger partial charge is 0.0249 e. The molecular formula is C5H12ClNOS. The monoisotopic (exact) mass is 169 g/mol. The molecule has 1 heterocycles. The van der Waals surface area contributed by atoms with Crippen LogP contribution in [0.1, 0.15) is 12.8 Å². The Hall–Kier alpha value is 0.400. The maximum atomic E-state index is 10.7. The van der Waals surface area contributed by atoms with Gasteiger partial charge in [0.15, 0.2) is 0 Å². The molecule has 0 aliphatic carbocycles. The SMILES string of the molecule is Cl.NC1CCS(=O)CC1. The molecule has 1 fully saturated rings. The van der Waals surface area contributed by atoms with Crippen molar-refractivity contribution in [3.8, 4) is 0 Å². The van der Waals surface area contributed by atoms with Gasteiger partial charge in [0.05, 0.1) is 0 Å². The summed E-state index contributed by atoms with van der Waals surface area (Å²) in [6, 6.07) is 0.327. The standard InChI is InChI=1S/C5H11NOS.ClH/c6-5-1-3-8(7)4-2-5;/h5H,1-4,6H2;1H. The van der Waals surface area contributed by atoms with Crippen molar-refractivity contribution in [3.05, 3.63) is 0 Å². The Bertz CT molecular complexity index is 99.1. The van der Waals surface area contributed by atoms with Gasteiger partial charge >= 0.3 is 0 Å². The van der Waals surface area contributed by atoms with Crippen molar-refractivity contribution < 1.29 is 4.21 Å². The molecule has 0 aromatic carbocycles. The van der Waals surface area contributed by atoms with E-state index in [0.29, 0.717) is 6.04 Å². The van der Waals surface area contributed by atoms with Crippen molar-refractivity contribution in [2.45, 2.75) is 18.9 Å². The van der Waals surface area contributed by atoms with E-state index in [-0.39, 0.29) is 12.4 Å². The number of hydrogen-bond donors (Lipinski definition) is 1. The number of nitrogens with two attached hydrogens (primary N) is 1. The first-order valence-electron chi connectivity index (χ1n) is 2.89. The number of halogens is 1. The van der Waals surface area contributed by atoms with Gasteiger partial charge in [0.2, 0.25) is 0 Å². The Morgan fingerprint density at radius 1 is 1.33 bits per heavy atom. The molecule has 0 unspecified atom stereocenters. The van der Waals surface area contributed by atoms with Crippen molar-refractivity contribution in [2.24, 2.45) is 5.73 Å². The van der Waals surface area contributed by atoms with Gasteiger partial charge in [-0.25, -0.2) is 0 Å². The molecule has 0 spiro atoms. The minimum absolute atomic E-state index is 0. The summed E-state index contributed by atoms with van der Waals surface area (Å²) in [5.41, 5.74) is 5.56. The fourth-order valence-electron chi connectivity index (χ4n) is 0.812. The van der Waals surface area contributed by atoms with Crippen molar-refractivity contribution in [2.75, 3.05) is 11.5 Å². The van der Waals surface area contributed by atoms with E-state index in [0.717, 1.165) is 24.3 Å². The summed E-state index contributed by atoms with van der Waals surface area (Å²) in [6.45, 7) is 0. The lowest BCUT2D eigenvalue weighted by atomic mass is 10.2. The molecule has 0 aromatic heterocycles. The van der Waals surface area contributed by atoms with Crippen LogP contribution in [0.3, 0.4) is 0 Å². The van der Waals surface area contributed by atoms with Gasteiger partial charge in [-0.3, -0.25) is 4.21 Å². The second-order valence-electron chi connectivity index (χ2n) is 2.19. The highest BCUT2D eigenvalue weighted by molar-refractivity contribution is 7.85. The molecule has 0 amide bonds. The minimum atomic E-state index is -0.541. The van der Waals surface area contributed by atoms with Crippen LogP contribution in [0.5, 0.6) is 0 Å². The van der Waals surface area contributed by atoms with Gasteiger partial charge in [-0.05, 0) is 12.8 Å². The first-order chi connectivity index (χ1) is 3.79. The first kappa shape index (κ1) is 9.40. The summed E-state index contributed by atoms with van der Waals surface area (Å²) in [6.07, 6.45) is 1.90. The molecule has 1 aliphatic heterocycles. The quantitative estimate of drug-likeness (QED) is 0.566. The maximum absolute atomic E-state index is 10.7. The van der Waals surface area contributed by atoms with Gasteiger partial charge in [0, 0.05) is 28.3 Å². The molecule has 1 saturated heterocycles. The van der Waals surface area contributed by atoms with E-state index in [4.69, 9.17) is 5.73 Å². The Balaban J connectivity index is 0.000000640. The van der Waals surface area contributed by atoms with Crippen molar-refractivity contribution in [3.63, 3.8) is 0 Å². The normalized spacial score (nSPS) is 35.2. The lowest BCUT2D eigenvalue weighted by Gasteiger charge is -2.15. The molecule has 0 bridgehead atoms. The van der Waals surface area contributed by atoms with Gasteiger partial charge in [0.1, 0.15) is 0 Å². The molecule has 0 radical (unpaired) electrons. The van der Waals surface area contributed by atoms with Crippen molar-refractivity contribution >= 4 is 23.2 Å². The van der Waals surface area contributed by atoms with Gasteiger partial charge in [0.25, 0.3) is 0 Å². The Morgan fingerprint density at radius 2 is 1.78 bits per heavy atom. The Kier molecular flexibility index (Phi) is 4.44. The van der Waals surface area contributed by atoms with Crippen molar-refractivity contribution in [1.82, 2.24) is 0 Å². The van der Waals surface area contributed by atoms with Crippen LogP contribution in [0.15, 0.2) is 0 Å². The van der Waals surface area contributed by atoms with E-state index >= 15 is 0 Å². The summed E-state index contributed by atoms with van der Waals surface area (Å²) >= 11 is 0. The van der Waals surface area contributed by atoms with E-state index in [1.54, 1.807) is 0 Å². The minimum Gasteiger partial charge on any atom is -0.328 e. The molecule has 1 aliphatic rings. The molecule has 0 saturated carbocycles. The summed E-state index contributed by atoms with van der Waals surface area (Å²) in [5, 5.41) is 0. The van der Waals surface area contributed by atoms with Crippen LogP contribution >= 0.6 is 12.4 Å². The van der Waals surface area contributed by atoms with E-state index in [2.05, 4.69) is 0 Å². The predicted molar refractivity (Wildman–Crippen MR) is 42.3 cm³/mol. The summed E-state index contributed by atoms with van der Waals surface area (Å²) < 4.78 is 10.7. The molecule has 4 heteroatoms. The van der Waals surface area contributed by atoms with E-state index in [1.165, 1.54) is 0 Å². The lowest BCUT2D eigenvalue weighted by molar-refractivity contribution is 0.597. The lowest BCUT2D eigenvalue weighted by Crippen LogP contribution is -2.29. The average Bonchev–Trinajstić information content (AvgIpc) is 1.77. The molecular weight excluding hydrogens is 158 g/mol. The maximum Gasteiger partial charge on any atom is 0.0249 e. The fraction of sp³-hybridized carbons (Fsp3) is 1.00. The topological polar surface area (TPSA) is 43.1 Å². The summed E-state index contributed by atoms with van der Waals surface area (Å²) in [5.74, 6) is 1.64. The molecule has 56 valence electrons. The van der Waals surface area contributed by atoms with Gasteiger partial charge in [-0.1, -0.05) is 0 Å². The van der Waals surface area contributed by atoms with Crippen molar-refractivity contribution in [1.29, 1.82) is 0 Å². The number of hydrogen-bond acceptors (Lipinski definition) is 2. The fourth-order valence-corrected chi connectivity index (χ4v) is 2.15. The molecule has 2 N–H and O–H groups in total. The molecule has 1 rings (SSSR count). The molecule has 9 heavy (non-hydrogen) atoms. The first-order valence-corrected chi connectivity index (χ1v) is 4.38. The summed E-state index contributed by atoms with van der Waals surface area (Å²) in [7, 11) is -0.541. The second-order valence-corrected chi connectivity index (χ2v) is 3.88. The summed E-state index contributed by atoms with van der Waals surface area (Å²) in [4.78, 5) is 0. The Morgan fingerprint density at radius 3 is 2.11 bits per heavy atom. The molecule has 0 atom stereocenters. The van der Waals surface area contributed by atoms with Gasteiger partial charge in [-0.15, -0.1) is 12.4 Å². The third kappa shape index (κ3) is 3.18. The highest BCUT2D eigenvalue weighted by Gasteiger charge is 2.12. The van der Waals surface area contributed by atoms with Crippen LogP contribution in [-0.4, -0.2) is 21.8 Å². The largest absolute Gasteiger partial charge is 0.328 e. The van der Waals surface area contributed by atoms with Crippen LogP contribution in [0.25, 0.3) is 0 Å². The zero-order chi connectivity index (χ0) is 5.98. The third-order valence-electron chi connectivity index (χ3n) is 1.43. The third-order valence-corrected chi connectivity index (χ3v) is 2.81. The zero-order valence-corrected chi connectivity index (χ0v) is 6.84. The van der Waals surface area contributed by atoms with Gasteiger partial charge in [-0.2, -0.15) is 0 Å². The molecule has 2 nitrogen and oxygen atoms in total.